The van der Waals surface area contributed by atoms with E-state index in [-0.39, 0.29) is 11.9 Å². The molecule has 1 atom stereocenters. The number of carbonyl (C=O) groups excluding carboxylic acids is 1. The van der Waals surface area contributed by atoms with Crippen molar-refractivity contribution in [2.24, 2.45) is 5.73 Å². The number of piperidine rings is 1. The summed E-state index contributed by atoms with van der Waals surface area (Å²) in [5, 5.41) is 3.02. The summed E-state index contributed by atoms with van der Waals surface area (Å²) in [5.74, 6) is 0.0862. The van der Waals surface area contributed by atoms with Gasteiger partial charge in [-0.2, -0.15) is 0 Å². The van der Waals surface area contributed by atoms with Crippen LogP contribution in [0.4, 0.5) is 0 Å². The van der Waals surface area contributed by atoms with Gasteiger partial charge in [0.1, 0.15) is 0 Å². The lowest BCUT2D eigenvalue weighted by molar-refractivity contribution is -0.123. The summed E-state index contributed by atoms with van der Waals surface area (Å²) >= 11 is 0. The van der Waals surface area contributed by atoms with E-state index in [1.54, 1.807) is 12.5 Å². The fourth-order valence-electron chi connectivity index (χ4n) is 2.39. The summed E-state index contributed by atoms with van der Waals surface area (Å²) in [4.78, 5) is 18.1. The molecule has 0 saturated carbocycles. The Labute approximate surface area is 114 Å². The first-order valence-corrected chi connectivity index (χ1v) is 6.86. The van der Waals surface area contributed by atoms with Gasteiger partial charge in [0, 0.05) is 44.1 Å². The number of rotatable bonds is 5. The highest BCUT2D eigenvalue weighted by atomic mass is 16.2. The number of nitrogens with two attached hydrogens (primary N) is 1. The molecule has 3 N–H and O–H groups in total. The van der Waals surface area contributed by atoms with Gasteiger partial charge in [0.15, 0.2) is 0 Å². The summed E-state index contributed by atoms with van der Waals surface area (Å²) in [6.45, 7) is 5.07. The first-order valence-electron chi connectivity index (χ1n) is 6.86. The van der Waals surface area contributed by atoms with Gasteiger partial charge in [0.25, 0.3) is 0 Å². The van der Waals surface area contributed by atoms with Gasteiger partial charge in [-0.15, -0.1) is 0 Å². The molecule has 6 heteroatoms. The highest BCUT2D eigenvalue weighted by Crippen LogP contribution is 2.07. The summed E-state index contributed by atoms with van der Waals surface area (Å²) in [6, 6.07) is 0.410. The molecular weight excluding hydrogens is 242 g/mol. The smallest absolute Gasteiger partial charge is 0.234 e. The summed E-state index contributed by atoms with van der Waals surface area (Å²) in [5.41, 5.74) is 5.85. The molecule has 19 heavy (non-hydrogen) atoms. The Balaban J connectivity index is 1.69. The molecule has 1 saturated heterocycles. The van der Waals surface area contributed by atoms with E-state index >= 15 is 0 Å². The van der Waals surface area contributed by atoms with Crippen molar-refractivity contribution in [1.82, 2.24) is 19.8 Å². The number of carbonyl (C=O) groups is 1. The Kier molecular flexibility index (Phi) is 4.93. The topological polar surface area (TPSA) is 76.2 Å². The minimum Gasteiger partial charge on any atom is -0.351 e. The van der Waals surface area contributed by atoms with E-state index in [9.17, 15) is 4.79 Å². The van der Waals surface area contributed by atoms with Crippen LogP contribution in [0.1, 0.15) is 19.8 Å². The second kappa shape index (κ2) is 6.68. The molecule has 0 radical (unpaired) electrons. The Morgan fingerprint density at radius 3 is 2.89 bits per heavy atom. The molecule has 1 amide bonds. The number of hydrogen-bond acceptors (Lipinski definition) is 4. The predicted molar refractivity (Wildman–Crippen MR) is 73.5 cm³/mol. The molecule has 106 valence electrons. The molecule has 0 spiro atoms. The van der Waals surface area contributed by atoms with Gasteiger partial charge in [-0.3, -0.25) is 9.69 Å². The predicted octanol–water partition coefficient (Wildman–Crippen LogP) is -0.189. The van der Waals surface area contributed by atoms with Crippen LogP contribution in [0.3, 0.4) is 0 Å². The SMILES string of the molecule is CC(Cn1ccnc1)NC(=O)CN1CCC(N)CC1. The molecule has 1 aromatic heterocycles. The van der Waals surface area contributed by atoms with Gasteiger partial charge < -0.3 is 15.6 Å². The molecule has 1 aliphatic rings. The number of hydrogen-bond donors (Lipinski definition) is 2. The standard InChI is InChI=1S/C13H23N5O/c1-11(8-18-7-4-15-10-18)16-13(19)9-17-5-2-12(14)3-6-17/h4,7,10-12H,2-3,5-6,8-9,14H2,1H3,(H,16,19). The highest BCUT2D eigenvalue weighted by Gasteiger charge is 2.18. The Morgan fingerprint density at radius 2 is 2.26 bits per heavy atom. The number of nitrogens with one attached hydrogen (secondary N) is 1. The van der Waals surface area contributed by atoms with Crippen LogP contribution < -0.4 is 11.1 Å². The maximum Gasteiger partial charge on any atom is 0.234 e. The molecule has 1 fully saturated rings. The summed E-state index contributed by atoms with van der Waals surface area (Å²) in [7, 11) is 0. The van der Waals surface area contributed by atoms with Crippen molar-refractivity contribution < 1.29 is 4.79 Å². The summed E-state index contributed by atoms with van der Waals surface area (Å²) < 4.78 is 1.96. The van der Waals surface area contributed by atoms with Gasteiger partial charge in [-0.1, -0.05) is 0 Å². The molecule has 1 aliphatic heterocycles. The van der Waals surface area contributed by atoms with Crippen LogP contribution >= 0.6 is 0 Å². The molecule has 0 bridgehead atoms. The first kappa shape index (κ1) is 14.0. The third kappa shape index (κ3) is 4.65. The quantitative estimate of drug-likeness (QED) is 0.774. The average molecular weight is 265 g/mol. The fraction of sp³-hybridized carbons (Fsp3) is 0.692. The lowest BCUT2D eigenvalue weighted by Crippen LogP contribution is -2.46. The Morgan fingerprint density at radius 1 is 1.53 bits per heavy atom. The highest BCUT2D eigenvalue weighted by molar-refractivity contribution is 5.78. The van der Waals surface area contributed by atoms with E-state index in [2.05, 4.69) is 15.2 Å². The second-order valence-corrected chi connectivity index (χ2v) is 5.34. The van der Waals surface area contributed by atoms with Crippen molar-refractivity contribution in [1.29, 1.82) is 0 Å². The van der Waals surface area contributed by atoms with Crippen molar-refractivity contribution in [2.75, 3.05) is 19.6 Å². The van der Waals surface area contributed by atoms with Crippen molar-refractivity contribution in [3.05, 3.63) is 18.7 Å². The van der Waals surface area contributed by atoms with E-state index in [0.29, 0.717) is 12.6 Å². The van der Waals surface area contributed by atoms with Crippen LogP contribution in [0, 0.1) is 0 Å². The molecule has 1 unspecified atom stereocenters. The second-order valence-electron chi connectivity index (χ2n) is 5.34. The van der Waals surface area contributed by atoms with Crippen molar-refractivity contribution in [3.8, 4) is 0 Å². The minimum atomic E-state index is 0.0862. The average Bonchev–Trinajstić information content (AvgIpc) is 2.84. The normalized spacial score (nSPS) is 19.3. The molecule has 0 aromatic carbocycles. The van der Waals surface area contributed by atoms with Crippen LogP contribution in [0.15, 0.2) is 18.7 Å². The molecular formula is C13H23N5O. The van der Waals surface area contributed by atoms with Crippen LogP contribution in [0.25, 0.3) is 0 Å². The molecule has 6 nitrogen and oxygen atoms in total. The maximum atomic E-state index is 11.9. The van der Waals surface area contributed by atoms with E-state index in [1.807, 2.05) is 17.7 Å². The van der Waals surface area contributed by atoms with Crippen molar-refractivity contribution >= 4 is 5.91 Å². The summed E-state index contributed by atoms with van der Waals surface area (Å²) in [6.07, 6.45) is 7.37. The van der Waals surface area contributed by atoms with Gasteiger partial charge >= 0.3 is 0 Å². The van der Waals surface area contributed by atoms with Crippen LogP contribution in [-0.2, 0) is 11.3 Å². The maximum absolute atomic E-state index is 11.9. The molecule has 2 heterocycles. The number of amides is 1. The molecule has 1 aromatic rings. The zero-order valence-corrected chi connectivity index (χ0v) is 11.5. The third-order valence-electron chi connectivity index (χ3n) is 3.45. The lowest BCUT2D eigenvalue weighted by atomic mass is 10.1. The van der Waals surface area contributed by atoms with Gasteiger partial charge in [-0.25, -0.2) is 4.98 Å². The van der Waals surface area contributed by atoms with E-state index in [4.69, 9.17) is 5.73 Å². The van der Waals surface area contributed by atoms with Gasteiger partial charge in [0.2, 0.25) is 5.91 Å². The van der Waals surface area contributed by atoms with Gasteiger partial charge in [-0.05, 0) is 19.8 Å². The largest absolute Gasteiger partial charge is 0.351 e. The Bertz CT molecular complexity index is 384. The monoisotopic (exact) mass is 265 g/mol. The number of aromatic nitrogens is 2. The van der Waals surface area contributed by atoms with Crippen LogP contribution in [0.2, 0.25) is 0 Å². The number of nitrogens with zero attached hydrogens (tertiary/aromatic N) is 3. The first-order chi connectivity index (χ1) is 9.13. The van der Waals surface area contributed by atoms with Crippen LogP contribution in [-0.4, -0.2) is 52.1 Å². The van der Waals surface area contributed by atoms with Crippen LogP contribution in [0.5, 0.6) is 0 Å². The fourth-order valence-corrected chi connectivity index (χ4v) is 2.39. The van der Waals surface area contributed by atoms with E-state index in [1.165, 1.54) is 0 Å². The molecule has 2 rings (SSSR count). The Hall–Kier alpha value is -1.40. The van der Waals surface area contributed by atoms with Crippen molar-refractivity contribution in [2.45, 2.75) is 38.4 Å². The zero-order chi connectivity index (χ0) is 13.7. The zero-order valence-electron chi connectivity index (χ0n) is 11.5. The molecule has 0 aliphatic carbocycles. The third-order valence-corrected chi connectivity index (χ3v) is 3.45. The number of likely N-dealkylation sites (tertiary alicyclic amines) is 1. The van der Waals surface area contributed by atoms with Crippen molar-refractivity contribution in [3.63, 3.8) is 0 Å². The lowest BCUT2D eigenvalue weighted by Gasteiger charge is -2.29. The minimum absolute atomic E-state index is 0.0862. The van der Waals surface area contributed by atoms with E-state index < -0.39 is 0 Å². The van der Waals surface area contributed by atoms with Gasteiger partial charge in [0.05, 0.1) is 12.9 Å². The van der Waals surface area contributed by atoms with E-state index in [0.717, 1.165) is 32.5 Å². The number of imidazole rings is 1.